The molecule has 6 heteroatoms. The molecule has 12 heavy (non-hydrogen) atoms. The van der Waals surface area contributed by atoms with E-state index in [1.54, 1.807) is 0 Å². The monoisotopic (exact) mass is 194 g/mol. The molecule has 1 rings (SSSR count). The third-order valence-electron chi connectivity index (χ3n) is 1.45. The minimum absolute atomic E-state index is 0.0609. The number of phosphoric acid groups is 1. The summed E-state index contributed by atoms with van der Waals surface area (Å²) in [6.45, 7) is -0.0609. The second-order valence-corrected chi connectivity index (χ2v) is 3.73. The molecule has 0 aliphatic carbocycles. The third-order valence-corrected chi connectivity index (χ3v) is 1.94. The molecule has 1 aliphatic rings. The average Bonchev–Trinajstić information content (AvgIpc) is 2.02. The summed E-state index contributed by atoms with van der Waals surface area (Å²) in [6.07, 6.45) is 4.74. The van der Waals surface area contributed by atoms with E-state index in [-0.39, 0.29) is 12.7 Å². The van der Waals surface area contributed by atoms with Crippen molar-refractivity contribution in [3.05, 3.63) is 12.3 Å². The van der Waals surface area contributed by atoms with Crippen LogP contribution < -0.4 is 0 Å². The molecular weight excluding hydrogens is 183 g/mol. The van der Waals surface area contributed by atoms with Crippen LogP contribution in [0, 0.1) is 0 Å². The molecule has 0 aromatic carbocycles. The van der Waals surface area contributed by atoms with Gasteiger partial charge in [-0.3, -0.25) is 4.52 Å². The van der Waals surface area contributed by atoms with Crippen molar-refractivity contribution in [3.63, 3.8) is 0 Å². The summed E-state index contributed by atoms with van der Waals surface area (Å²) in [5.41, 5.74) is 0. The maximum Gasteiger partial charge on any atom is 0.469 e. The fourth-order valence-corrected chi connectivity index (χ4v) is 1.25. The van der Waals surface area contributed by atoms with Crippen molar-refractivity contribution in [3.8, 4) is 0 Å². The number of phosphoric ester groups is 1. The van der Waals surface area contributed by atoms with Gasteiger partial charge in [0, 0.05) is 0 Å². The fraction of sp³-hybridized carbons (Fsp3) is 0.667. The highest BCUT2D eigenvalue weighted by molar-refractivity contribution is 7.46. The third kappa shape index (κ3) is 3.88. The largest absolute Gasteiger partial charge is 0.496 e. The summed E-state index contributed by atoms with van der Waals surface area (Å²) >= 11 is 0. The van der Waals surface area contributed by atoms with Crippen molar-refractivity contribution in [1.82, 2.24) is 0 Å². The lowest BCUT2D eigenvalue weighted by Crippen LogP contribution is -2.18. The SMILES string of the molecule is O=P(O)(O)OCC1CCC=CO1. The zero-order chi connectivity index (χ0) is 9.03. The van der Waals surface area contributed by atoms with E-state index in [0.717, 1.165) is 12.8 Å². The highest BCUT2D eigenvalue weighted by Gasteiger charge is 2.19. The highest BCUT2D eigenvalue weighted by atomic mass is 31.2. The van der Waals surface area contributed by atoms with Crippen LogP contribution in [0.15, 0.2) is 12.3 Å². The molecule has 0 aromatic rings. The van der Waals surface area contributed by atoms with Crippen LogP contribution in [0.4, 0.5) is 0 Å². The highest BCUT2D eigenvalue weighted by Crippen LogP contribution is 2.36. The summed E-state index contributed by atoms with van der Waals surface area (Å²) in [4.78, 5) is 16.7. The molecule has 0 saturated heterocycles. The summed E-state index contributed by atoms with van der Waals surface area (Å²) in [5.74, 6) is 0. The van der Waals surface area contributed by atoms with Gasteiger partial charge in [-0.25, -0.2) is 4.57 Å². The van der Waals surface area contributed by atoms with E-state index in [9.17, 15) is 4.57 Å². The van der Waals surface area contributed by atoms with Crippen LogP contribution in [0.1, 0.15) is 12.8 Å². The number of allylic oxidation sites excluding steroid dienone is 1. The molecule has 1 aliphatic heterocycles. The predicted octanol–water partition coefficient (Wildman–Crippen LogP) is 0.788. The van der Waals surface area contributed by atoms with Crippen LogP contribution in [0.3, 0.4) is 0 Å². The maximum absolute atomic E-state index is 10.3. The normalized spacial score (nSPS) is 23.7. The molecule has 0 fully saturated rings. The molecule has 70 valence electrons. The van der Waals surface area contributed by atoms with E-state index in [1.807, 2.05) is 6.08 Å². The van der Waals surface area contributed by atoms with Gasteiger partial charge in [-0.1, -0.05) is 0 Å². The second kappa shape index (κ2) is 4.05. The molecule has 0 bridgehead atoms. The van der Waals surface area contributed by atoms with Crippen LogP contribution in [-0.4, -0.2) is 22.5 Å². The van der Waals surface area contributed by atoms with Gasteiger partial charge in [0.1, 0.15) is 6.10 Å². The first kappa shape index (κ1) is 9.74. The lowest BCUT2D eigenvalue weighted by atomic mass is 10.2. The zero-order valence-corrected chi connectivity index (χ0v) is 7.31. The summed E-state index contributed by atoms with van der Waals surface area (Å²) in [5, 5.41) is 0. The zero-order valence-electron chi connectivity index (χ0n) is 6.42. The number of hydrogen-bond donors (Lipinski definition) is 2. The van der Waals surface area contributed by atoms with E-state index in [1.165, 1.54) is 6.26 Å². The van der Waals surface area contributed by atoms with E-state index < -0.39 is 7.82 Å². The van der Waals surface area contributed by atoms with Gasteiger partial charge in [-0.05, 0) is 18.9 Å². The molecule has 0 amide bonds. The van der Waals surface area contributed by atoms with Crippen molar-refractivity contribution in [1.29, 1.82) is 0 Å². The van der Waals surface area contributed by atoms with Crippen molar-refractivity contribution >= 4 is 7.82 Å². The molecular formula is C6H11O5P. The van der Waals surface area contributed by atoms with Crippen molar-refractivity contribution in [2.24, 2.45) is 0 Å². The number of ether oxygens (including phenoxy) is 1. The Balaban J connectivity index is 2.23. The number of hydrogen-bond acceptors (Lipinski definition) is 3. The maximum atomic E-state index is 10.3. The molecule has 0 spiro atoms. The van der Waals surface area contributed by atoms with Crippen LogP contribution in [0.25, 0.3) is 0 Å². The van der Waals surface area contributed by atoms with Crippen LogP contribution >= 0.6 is 7.82 Å². The molecule has 0 aromatic heterocycles. The van der Waals surface area contributed by atoms with Crippen LogP contribution in [-0.2, 0) is 13.8 Å². The van der Waals surface area contributed by atoms with Crippen LogP contribution in [0.2, 0.25) is 0 Å². The Morgan fingerprint density at radius 2 is 2.42 bits per heavy atom. The van der Waals surface area contributed by atoms with E-state index >= 15 is 0 Å². The van der Waals surface area contributed by atoms with Gasteiger partial charge >= 0.3 is 7.82 Å². The van der Waals surface area contributed by atoms with Crippen molar-refractivity contribution in [2.75, 3.05) is 6.61 Å². The lowest BCUT2D eigenvalue weighted by Gasteiger charge is -2.18. The van der Waals surface area contributed by atoms with Gasteiger partial charge < -0.3 is 14.5 Å². The smallest absolute Gasteiger partial charge is 0.469 e. The van der Waals surface area contributed by atoms with E-state index in [0.29, 0.717) is 0 Å². The van der Waals surface area contributed by atoms with Gasteiger partial charge in [0.2, 0.25) is 0 Å². The summed E-state index contributed by atoms with van der Waals surface area (Å²) in [6, 6.07) is 0. The molecule has 0 radical (unpaired) electrons. The first-order valence-corrected chi connectivity index (χ1v) is 5.11. The minimum Gasteiger partial charge on any atom is -0.496 e. The average molecular weight is 194 g/mol. The molecule has 2 N–H and O–H groups in total. The number of rotatable bonds is 3. The Morgan fingerprint density at radius 1 is 1.67 bits per heavy atom. The summed E-state index contributed by atoms with van der Waals surface area (Å²) < 4.78 is 19.6. The van der Waals surface area contributed by atoms with E-state index in [4.69, 9.17) is 14.5 Å². The fourth-order valence-electron chi connectivity index (χ4n) is 0.888. The molecule has 1 unspecified atom stereocenters. The quantitative estimate of drug-likeness (QED) is 0.649. The van der Waals surface area contributed by atoms with Crippen molar-refractivity contribution in [2.45, 2.75) is 18.9 Å². The van der Waals surface area contributed by atoms with E-state index in [2.05, 4.69) is 4.52 Å². The first-order valence-electron chi connectivity index (χ1n) is 3.58. The summed E-state index contributed by atoms with van der Waals surface area (Å²) in [7, 11) is -4.34. The Hall–Kier alpha value is -0.350. The second-order valence-electron chi connectivity index (χ2n) is 2.49. The van der Waals surface area contributed by atoms with Crippen LogP contribution in [0.5, 0.6) is 0 Å². The Labute approximate surface area is 70.2 Å². The lowest BCUT2D eigenvalue weighted by molar-refractivity contribution is 0.0582. The standard InChI is InChI=1S/C6H11O5P/c7-12(8,9)11-5-6-3-1-2-4-10-6/h2,4,6H,1,3,5H2,(H2,7,8,9). The molecule has 0 saturated carbocycles. The van der Waals surface area contributed by atoms with Gasteiger partial charge in [0.05, 0.1) is 12.9 Å². The first-order chi connectivity index (χ1) is 5.58. The predicted molar refractivity (Wildman–Crippen MR) is 41.2 cm³/mol. The molecule has 1 heterocycles. The van der Waals surface area contributed by atoms with Gasteiger partial charge in [0.25, 0.3) is 0 Å². The van der Waals surface area contributed by atoms with Gasteiger partial charge in [-0.15, -0.1) is 0 Å². The Kier molecular flexibility index (Phi) is 3.29. The topological polar surface area (TPSA) is 76.0 Å². The van der Waals surface area contributed by atoms with Gasteiger partial charge in [-0.2, -0.15) is 0 Å². The Bertz CT molecular complexity index is 208. The Morgan fingerprint density at radius 3 is 2.92 bits per heavy atom. The van der Waals surface area contributed by atoms with Crippen molar-refractivity contribution < 1.29 is 23.6 Å². The molecule has 5 nitrogen and oxygen atoms in total. The minimum atomic E-state index is -4.34. The molecule has 1 atom stereocenters. The van der Waals surface area contributed by atoms with Gasteiger partial charge in [0.15, 0.2) is 0 Å².